The van der Waals surface area contributed by atoms with Crippen molar-refractivity contribution in [3.63, 3.8) is 0 Å². The molecular formula is C10H13FN2O2S. The van der Waals surface area contributed by atoms with E-state index >= 15 is 0 Å². The smallest absolute Gasteiger partial charge is 0.237 e. The number of rotatable bonds is 5. The highest BCUT2D eigenvalue weighted by Gasteiger charge is 2.09. The minimum atomic E-state index is -1.29. The first kappa shape index (κ1) is 12.8. The molecule has 0 aromatic heterocycles. The van der Waals surface area contributed by atoms with Gasteiger partial charge in [-0.3, -0.25) is 9.00 Å². The van der Waals surface area contributed by atoms with Crippen LogP contribution >= 0.6 is 0 Å². The van der Waals surface area contributed by atoms with Gasteiger partial charge in [-0.25, -0.2) is 4.39 Å². The topological polar surface area (TPSA) is 72.2 Å². The van der Waals surface area contributed by atoms with Crippen LogP contribution in [-0.2, 0) is 15.6 Å². The van der Waals surface area contributed by atoms with E-state index in [1.807, 2.05) is 0 Å². The fraction of sp³-hybridized carbons (Fsp3) is 0.300. The number of halogens is 1. The highest BCUT2D eigenvalue weighted by molar-refractivity contribution is 7.85. The predicted octanol–water partition coefficient (Wildman–Crippen LogP) is 0.472. The fourth-order valence-electron chi connectivity index (χ4n) is 1.10. The summed E-state index contributed by atoms with van der Waals surface area (Å²) in [6.07, 6.45) is 0. The van der Waals surface area contributed by atoms with E-state index in [0.717, 1.165) is 0 Å². The van der Waals surface area contributed by atoms with Gasteiger partial charge in [-0.05, 0) is 12.1 Å². The van der Waals surface area contributed by atoms with E-state index in [2.05, 4.69) is 5.32 Å². The van der Waals surface area contributed by atoms with Crippen molar-refractivity contribution in [3.05, 3.63) is 30.1 Å². The van der Waals surface area contributed by atoms with Crippen LogP contribution in [0.2, 0.25) is 0 Å². The summed E-state index contributed by atoms with van der Waals surface area (Å²) in [5.74, 6) is -0.881. The van der Waals surface area contributed by atoms with Gasteiger partial charge in [0.05, 0.1) is 5.69 Å². The fourth-order valence-corrected chi connectivity index (χ4v) is 1.87. The van der Waals surface area contributed by atoms with E-state index in [-0.39, 0.29) is 23.7 Å². The quantitative estimate of drug-likeness (QED) is 0.791. The van der Waals surface area contributed by atoms with E-state index in [4.69, 9.17) is 5.73 Å². The largest absolute Gasteiger partial charge is 0.330 e. The van der Waals surface area contributed by atoms with Crippen molar-refractivity contribution in [1.82, 2.24) is 0 Å². The number of carbonyl (C=O) groups excluding carboxylic acids is 1. The third-order valence-electron chi connectivity index (χ3n) is 1.79. The number of amides is 1. The average molecular weight is 244 g/mol. The van der Waals surface area contributed by atoms with Gasteiger partial charge in [0.15, 0.2) is 0 Å². The Labute approximate surface area is 95.5 Å². The molecule has 3 N–H and O–H groups in total. The maximum atomic E-state index is 13.1. The van der Waals surface area contributed by atoms with Crippen LogP contribution in [0.15, 0.2) is 24.3 Å². The van der Waals surface area contributed by atoms with Gasteiger partial charge in [-0.2, -0.15) is 0 Å². The number of carbonyl (C=O) groups is 1. The lowest BCUT2D eigenvalue weighted by atomic mass is 10.3. The Hall–Kier alpha value is -1.27. The minimum Gasteiger partial charge on any atom is -0.330 e. The summed E-state index contributed by atoms with van der Waals surface area (Å²) in [6, 6.07) is 5.82. The molecule has 1 unspecified atom stereocenters. The van der Waals surface area contributed by atoms with Crippen LogP contribution < -0.4 is 11.1 Å². The Bertz CT molecular complexity index is 398. The van der Waals surface area contributed by atoms with Gasteiger partial charge in [-0.1, -0.05) is 12.1 Å². The number of para-hydroxylation sites is 1. The van der Waals surface area contributed by atoms with Crippen LogP contribution in [0.3, 0.4) is 0 Å². The summed E-state index contributed by atoms with van der Waals surface area (Å²) in [4.78, 5) is 11.3. The first-order valence-corrected chi connectivity index (χ1v) is 6.21. The first-order valence-electron chi connectivity index (χ1n) is 4.73. The van der Waals surface area contributed by atoms with Crippen LogP contribution in [0.1, 0.15) is 0 Å². The van der Waals surface area contributed by atoms with Crippen LogP contribution in [0.25, 0.3) is 0 Å². The van der Waals surface area contributed by atoms with Gasteiger partial charge in [-0.15, -0.1) is 0 Å². The maximum absolute atomic E-state index is 13.1. The van der Waals surface area contributed by atoms with Gasteiger partial charge < -0.3 is 11.1 Å². The molecule has 1 amide bonds. The van der Waals surface area contributed by atoms with Crippen molar-refractivity contribution in [2.24, 2.45) is 5.73 Å². The van der Waals surface area contributed by atoms with Crippen molar-refractivity contribution >= 4 is 22.4 Å². The summed E-state index contributed by atoms with van der Waals surface area (Å²) in [5, 5.41) is 2.35. The third kappa shape index (κ3) is 4.08. The van der Waals surface area contributed by atoms with Crippen LogP contribution in [-0.4, -0.2) is 28.2 Å². The summed E-state index contributed by atoms with van der Waals surface area (Å²) in [7, 11) is -1.29. The molecule has 0 radical (unpaired) electrons. The molecule has 16 heavy (non-hydrogen) atoms. The standard InChI is InChI=1S/C10H13FN2O2S/c11-8-3-1-2-4-9(8)13-10(14)7-16(15)6-5-12/h1-4H,5-7,12H2,(H,13,14). The molecule has 0 aliphatic rings. The van der Waals surface area contributed by atoms with Gasteiger partial charge in [0.2, 0.25) is 5.91 Å². The number of hydrogen-bond donors (Lipinski definition) is 2. The highest BCUT2D eigenvalue weighted by atomic mass is 32.2. The molecule has 1 aromatic rings. The van der Waals surface area contributed by atoms with Crippen molar-refractivity contribution in [3.8, 4) is 0 Å². The van der Waals surface area contributed by atoms with Crippen LogP contribution in [0.5, 0.6) is 0 Å². The molecule has 0 saturated heterocycles. The lowest BCUT2D eigenvalue weighted by Crippen LogP contribution is -2.23. The zero-order chi connectivity index (χ0) is 12.0. The zero-order valence-electron chi connectivity index (χ0n) is 8.61. The third-order valence-corrected chi connectivity index (χ3v) is 3.06. The molecule has 0 fully saturated rings. The predicted molar refractivity (Wildman–Crippen MR) is 62.0 cm³/mol. The highest BCUT2D eigenvalue weighted by Crippen LogP contribution is 2.11. The molecule has 0 spiro atoms. The Balaban J connectivity index is 2.52. The molecular weight excluding hydrogens is 231 g/mol. The van der Waals surface area contributed by atoms with E-state index < -0.39 is 22.5 Å². The molecule has 4 nitrogen and oxygen atoms in total. The van der Waals surface area contributed by atoms with Crippen molar-refractivity contribution in [2.75, 3.05) is 23.4 Å². The first-order chi connectivity index (χ1) is 7.63. The molecule has 6 heteroatoms. The number of benzene rings is 1. The van der Waals surface area contributed by atoms with E-state index in [1.54, 1.807) is 6.07 Å². The second-order valence-corrected chi connectivity index (χ2v) is 4.68. The number of nitrogens with one attached hydrogen (secondary N) is 1. The lowest BCUT2D eigenvalue weighted by Gasteiger charge is -2.05. The molecule has 0 aliphatic heterocycles. The van der Waals surface area contributed by atoms with Crippen LogP contribution in [0, 0.1) is 5.82 Å². The number of nitrogens with two attached hydrogens (primary N) is 1. The van der Waals surface area contributed by atoms with Crippen LogP contribution in [0.4, 0.5) is 10.1 Å². The Kier molecular flexibility index (Phi) is 5.07. The van der Waals surface area contributed by atoms with Gasteiger partial charge >= 0.3 is 0 Å². The van der Waals surface area contributed by atoms with E-state index in [0.29, 0.717) is 0 Å². The Morgan fingerprint density at radius 1 is 1.44 bits per heavy atom. The lowest BCUT2D eigenvalue weighted by molar-refractivity contribution is -0.113. The maximum Gasteiger partial charge on any atom is 0.237 e. The van der Waals surface area contributed by atoms with Crippen molar-refractivity contribution < 1.29 is 13.4 Å². The molecule has 1 atom stereocenters. The van der Waals surface area contributed by atoms with E-state index in [1.165, 1.54) is 18.2 Å². The van der Waals surface area contributed by atoms with Crippen molar-refractivity contribution in [2.45, 2.75) is 0 Å². The SMILES string of the molecule is NCCS(=O)CC(=O)Nc1ccccc1F. The second-order valence-electron chi connectivity index (χ2n) is 3.10. The van der Waals surface area contributed by atoms with E-state index in [9.17, 15) is 13.4 Å². The Morgan fingerprint density at radius 2 is 2.12 bits per heavy atom. The Morgan fingerprint density at radius 3 is 2.75 bits per heavy atom. The minimum absolute atomic E-state index is 0.0947. The molecule has 0 aliphatic carbocycles. The monoisotopic (exact) mass is 244 g/mol. The molecule has 0 bridgehead atoms. The molecule has 1 aromatic carbocycles. The normalized spacial score (nSPS) is 12.1. The van der Waals surface area contributed by atoms with Crippen molar-refractivity contribution in [1.29, 1.82) is 0 Å². The van der Waals surface area contributed by atoms with Gasteiger partial charge in [0, 0.05) is 23.1 Å². The molecule has 0 saturated carbocycles. The average Bonchev–Trinajstić information content (AvgIpc) is 2.21. The molecule has 1 rings (SSSR count). The van der Waals surface area contributed by atoms with Gasteiger partial charge in [0.25, 0.3) is 0 Å². The summed E-state index contributed by atoms with van der Waals surface area (Å²) in [6.45, 7) is 0.263. The summed E-state index contributed by atoms with van der Waals surface area (Å²) in [5.41, 5.74) is 5.29. The summed E-state index contributed by atoms with van der Waals surface area (Å²) < 4.78 is 24.3. The summed E-state index contributed by atoms with van der Waals surface area (Å²) >= 11 is 0. The number of anilines is 1. The zero-order valence-corrected chi connectivity index (χ0v) is 9.43. The molecule has 88 valence electrons. The molecule has 0 heterocycles. The van der Waals surface area contributed by atoms with Gasteiger partial charge in [0.1, 0.15) is 11.6 Å². The second kappa shape index (κ2) is 6.34. The number of hydrogen-bond acceptors (Lipinski definition) is 3.